The van der Waals surface area contributed by atoms with E-state index < -0.39 is 17.5 Å². The molecule has 3 aromatic rings. The number of piperazine rings is 1. The first-order valence-electron chi connectivity index (χ1n) is 11.2. The number of anilines is 4. The Morgan fingerprint density at radius 1 is 1.09 bits per heavy atom. The van der Waals surface area contributed by atoms with Crippen molar-refractivity contribution in [3.63, 3.8) is 0 Å². The largest absolute Gasteiger partial charge is 0.434 e. The van der Waals surface area contributed by atoms with E-state index in [1.165, 1.54) is 0 Å². The number of ether oxygens (including phenoxy) is 1. The van der Waals surface area contributed by atoms with E-state index in [1.54, 1.807) is 6.92 Å². The summed E-state index contributed by atoms with van der Waals surface area (Å²) in [6, 6.07) is 9.31. The molecule has 184 valence electrons. The first kappa shape index (κ1) is 24.1. The van der Waals surface area contributed by atoms with Crippen LogP contribution >= 0.6 is 0 Å². The van der Waals surface area contributed by atoms with Gasteiger partial charge in [0, 0.05) is 49.7 Å². The highest BCUT2D eigenvalue weighted by atomic mass is 19.1. The number of amides is 1. The number of carbonyl (C=O) groups is 1. The Balaban J connectivity index is 1.62. The summed E-state index contributed by atoms with van der Waals surface area (Å²) in [7, 11) is 2.10. The molecule has 1 aliphatic heterocycles. The summed E-state index contributed by atoms with van der Waals surface area (Å²) >= 11 is 0. The summed E-state index contributed by atoms with van der Waals surface area (Å²) in [4.78, 5) is 25.3. The van der Waals surface area contributed by atoms with Crippen molar-refractivity contribution >= 4 is 28.8 Å². The first-order valence-corrected chi connectivity index (χ1v) is 11.2. The molecule has 1 aliphatic rings. The van der Waals surface area contributed by atoms with Crippen LogP contribution in [0.2, 0.25) is 0 Å². The number of nitrogens with zero attached hydrogens (tertiary/aromatic N) is 4. The van der Waals surface area contributed by atoms with Gasteiger partial charge in [0.25, 0.3) is 5.91 Å². The zero-order valence-corrected chi connectivity index (χ0v) is 19.5. The smallest absolute Gasteiger partial charge is 0.271 e. The fraction of sp³-hybridized carbons (Fsp3) is 0.292. The Morgan fingerprint density at radius 3 is 2.40 bits per heavy atom. The van der Waals surface area contributed by atoms with Gasteiger partial charge in [0.1, 0.15) is 11.5 Å². The molecule has 9 nitrogen and oxygen atoms in total. The first-order chi connectivity index (χ1) is 16.7. The van der Waals surface area contributed by atoms with Crippen LogP contribution in [0.1, 0.15) is 23.1 Å². The lowest BCUT2D eigenvalue weighted by Gasteiger charge is -2.34. The number of rotatable bonds is 7. The van der Waals surface area contributed by atoms with Crippen LogP contribution in [-0.4, -0.2) is 54.0 Å². The Hall–Kier alpha value is -3.99. The van der Waals surface area contributed by atoms with E-state index in [4.69, 9.17) is 16.2 Å². The minimum absolute atomic E-state index is 0.0486. The third-order valence-corrected chi connectivity index (χ3v) is 5.76. The number of likely N-dealkylation sites (N-methyl/N-ethyl adjacent to an activating group) is 1. The predicted octanol–water partition coefficient (Wildman–Crippen LogP) is 3.29. The molecular weight excluding hydrogens is 456 g/mol. The summed E-state index contributed by atoms with van der Waals surface area (Å²) < 4.78 is 33.4. The fourth-order valence-corrected chi connectivity index (χ4v) is 3.71. The molecule has 4 rings (SSSR count). The van der Waals surface area contributed by atoms with E-state index in [-0.39, 0.29) is 34.5 Å². The number of hydrogen-bond acceptors (Lipinski definition) is 8. The van der Waals surface area contributed by atoms with Crippen LogP contribution in [-0.2, 0) is 6.42 Å². The fourth-order valence-electron chi connectivity index (χ4n) is 3.71. The van der Waals surface area contributed by atoms with Crippen LogP contribution in [0, 0.1) is 11.6 Å². The number of carbonyl (C=O) groups excluding carboxylic acids is 1. The van der Waals surface area contributed by atoms with Gasteiger partial charge in [-0.05, 0) is 37.7 Å². The Morgan fingerprint density at radius 2 is 1.77 bits per heavy atom. The maximum atomic E-state index is 14.3. The van der Waals surface area contributed by atoms with Gasteiger partial charge >= 0.3 is 0 Å². The Bertz CT molecular complexity index is 1230. The van der Waals surface area contributed by atoms with Crippen molar-refractivity contribution in [3.05, 3.63) is 59.4 Å². The number of hydrogen-bond donors (Lipinski definition) is 3. The zero-order chi connectivity index (χ0) is 25.1. The van der Waals surface area contributed by atoms with Gasteiger partial charge < -0.3 is 31.3 Å². The molecule has 0 spiro atoms. The SMILES string of the molecule is CCc1nc(C(N)=O)c(Nc2ccc(N3CCN(C)CC3)cc2)nc1Oc1cc(N)c(F)cc1F. The van der Waals surface area contributed by atoms with Crippen molar-refractivity contribution < 1.29 is 18.3 Å². The minimum atomic E-state index is -0.950. The van der Waals surface area contributed by atoms with E-state index in [2.05, 4.69) is 32.1 Å². The van der Waals surface area contributed by atoms with Crippen molar-refractivity contribution in [2.24, 2.45) is 5.73 Å². The van der Waals surface area contributed by atoms with Gasteiger partial charge in [0.05, 0.1) is 5.69 Å². The van der Waals surface area contributed by atoms with Crippen molar-refractivity contribution in [1.82, 2.24) is 14.9 Å². The minimum Gasteiger partial charge on any atom is -0.434 e. The monoisotopic (exact) mass is 483 g/mol. The highest BCUT2D eigenvalue weighted by Crippen LogP contribution is 2.31. The van der Waals surface area contributed by atoms with Gasteiger partial charge in [-0.15, -0.1) is 0 Å². The summed E-state index contributed by atoms with van der Waals surface area (Å²) in [5.41, 5.74) is 12.7. The third-order valence-electron chi connectivity index (χ3n) is 5.76. The molecule has 1 fully saturated rings. The molecular formula is C24H27F2N7O2. The third kappa shape index (κ3) is 5.40. The van der Waals surface area contributed by atoms with Gasteiger partial charge in [-0.1, -0.05) is 6.92 Å². The van der Waals surface area contributed by atoms with Gasteiger partial charge in [-0.2, -0.15) is 4.98 Å². The zero-order valence-electron chi connectivity index (χ0n) is 19.5. The number of halogens is 2. The molecule has 11 heteroatoms. The van der Waals surface area contributed by atoms with Crippen LogP contribution in [0.5, 0.6) is 11.6 Å². The number of primary amides is 1. The highest BCUT2D eigenvalue weighted by molar-refractivity contribution is 5.96. The summed E-state index contributed by atoms with van der Waals surface area (Å²) in [5, 5.41) is 3.04. The van der Waals surface area contributed by atoms with E-state index in [0.717, 1.165) is 37.9 Å². The Kier molecular flexibility index (Phi) is 6.97. The molecule has 1 amide bonds. The topological polar surface area (TPSA) is 123 Å². The molecule has 35 heavy (non-hydrogen) atoms. The average molecular weight is 484 g/mol. The van der Waals surface area contributed by atoms with Crippen molar-refractivity contribution in [2.45, 2.75) is 13.3 Å². The van der Waals surface area contributed by atoms with Gasteiger partial charge in [-0.3, -0.25) is 4.79 Å². The average Bonchev–Trinajstić information content (AvgIpc) is 2.83. The number of nitrogens with one attached hydrogen (secondary N) is 1. The van der Waals surface area contributed by atoms with E-state index in [0.29, 0.717) is 18.2 Å². The quantitative estimate of drug-likeness (QED) is 0.438. The summed E-state index contributed by atoms with van der Waals surface area (Å²) in [5.74, 6) is -2.96. The van der Waals surface area contributed by atoms with Crippen LogP contribution in [0.3, 0.4) is 0 Å². The van der Waals surface area contributed by atoms with Gasteiger partial charge in [-0.25, -0.2) is 13.8 Å². The second-order valence-electron chi connectivity index (χ2n) is 8.26. The summed E-state index contributed by atoms with van der Waals surface area (Å²) in [6.45, 7) is 5.62. The van der Waals surface area contributed by atoms with E-state index >= 15 is 0 Å². The molecule has 2 aromatic carbocycles. The van der Waals surface area contributed by atoms with Gasteiger partial charge in [0.2, 0.25) is 5.88 Å². The lowest BCUT2D eigenvalue weighted by atomic mass is 10.2. The van der Waals surface area contributed by atoms with E-state index in [9.17, 15) is 13.6 Å². The molecule has 0 saturated carbocycles. The van der Waals surface area contributed by atoms with Crippen molar-refractivity contribution in [2.75, 3.05) is 49.2 Å². The van der Waals surface area contributed by atoms with Crippen LogP contribution in [0.4, 0.5) is 31.7 Å². The number of aryl methyl sites for hydroxylation is 1. The Labute approximate surface area is 201 Å². The van der Waals surface area contributed by atoms with Crippen LogP contribution in [0.15, 0.2) is 36.4 Å². The van der Waals surface area contributed by atoms with Crippen molar-refractivity contribution in [3.8, 4) is 11.6 Å². The predicted molar refractivity (Wildman–Crippen MR) is 130 cm³/mol. The maximum absolute atomic E-state index is 14.3. The molecule has 0 radical (unpaired) electrons. The highest BCUT2D eigenvalue weighted by Gasteiger charge is 2.21. The second kappa shape index (κ2) is 10.1. The number of benzene rings is 2. The standard InChI is InChI=1S/C24H27F2N7O2/c1-3-19-24(35-20-13-18(27)16(25)12-17(20)26)31-23(21(30-19)22(28)34)29-14-4-6-15(7-5-14)33-10-8-32(2)9-11-33/h4-7,12-13H,3,8-11,27H2,1-2H3,(H2,28,34)(H,29,31). The number of aromatic nitrogens is 2. The number of nitrogen functional groups attached to an aromatic ring is 1. The second-order valence-corrected chi connectivity index (χ2v) is 8.26. The molecule has 0 unspecified atom stereocenters. The van der Waals surface area contributed by atoms with Gasteiger partial charge in [0.15, 0.2) is 23.1 Å². The molecule has 0 atom stereocenters. The molecule has 1 aromatic heterocycles. The normalized spacial score (nSPS) is 14.1. The maximum Gasteiger partial charge on any atom is 0.271 e. The van der Waals surface area contributed by atoms with Crippen LogP contribution in [0.25, 0.3) is 0 Å². The molecule has 0 aliphatic carbocycles. The molecule has 0 bridgehead atoms. The van der Waals surface area contributed by atoms with Crippen LogP contribution < -0.4 is 26.4 Å². The molecule has 5 N–H and O–H groups in total. The molecule has 1 saturated heterocycles. The van der Waals surface area contributed by atoms with E-state index in [1.807, 2.05) is 24.3 Å². The number of nitrogens with two attached hydrogens (primary N) is 2. The lowest BCUT2D eigenvalue weighted by Crippen LogP contribution is -2.44. The lowest BCUT2D eigenvalue weighted by molar-refractivity contribution is 0.0996. The molecule has 2 heterocycles. The summed E-state index contributed by atoms with van der Waals surface area (Å²) in [6.07, 6.45) is 0.320. The van der Waals surface area contributed by atoms with Crippen molar-refractivity contribution in [1.29, 1.82) is 0 Å².